The van der Waals surface area contributed by atoms with Crippen LogP contribution in [-0.2, 0) is 9.53 Å². The molecule has 0 aliphatic carbocycles. The fourth-order valence-electron chi connectivity index (χ4n) is 2.21. The Morgan fingerprint density at radius 2 is 2.00 bits per heavy atom. The number of amides is 1. The van der Waals surface area contributed by atoms with Gasteiger partial charge in [-0.3, -0.25) is 4.79 Å². The van der Waals surface area contributed by atoms with Crippen LogP contribution in [0.1, 0.15) is 22.8 Å². The molecule has 134 valence electrons. The van der Waals surface area contributed by atoms with E-state index in [1.54, 1.807) is 6.92 Å². The highest BCUT2D eigenvalue weighted by Crippen LogP contribution is 2.36. The molecule has 0 saturated carbocycles. The number of benzene rings is 1. The zero-order valence-corrected chi connectivity index (χ0v) is 16.0. The van der Waals surface area contributed by atoms with Crippen molar-refractivity contribution in [3.8, 4) is 11.1 Å². The molecule has 0 bridgehead atoms. The van der Waals surface area contributed by atoms with Crippen molar-refractivity contribution in [3.63, 3.8) is 0 Å². The summed E-state index contributed by atoms with van der Waals surface area (Å²) in [6.07, 6.45) is 0. The molecule has 0 aliphatic heterocycles. The number of carbonyl (C=O) groups is 2. The summed E-state index contributed by atoms with van der Waals surface area (Å²) in [5.41, 5.74) is 8.67. The zero-order chi connectivity index (χ0) is 18.2. The van der Waals surface area contributed by atoms with Crippen LogP contribution >= 0.6 is 23.1 Å². The maximum atomic E-state index is 12.4. The van der Waals surface area contributed by atoms with Gasteiger partial charge in [0, 0.05) is 23.2 Å². The molecule has 1 aromatic carbocycles. The molecule has 0 atom stereocenters. The molecule has 0 saturated heterocycles. The van der Waals surface area contributed by atoms with E-state index in [9.17, 15) is 9.59 Å². The van der Waals surface area contributed by atoms with Crippen LogP contribution < -0.4 is 11.1 Å². The third-order valence-electron chi connectivity index (χ3n) is 3.38. The lowest BCUT2D eigenvalue weighted by molar-refractivity contribution is -0.113. The number of hydrogen-bond acceptors (Lipinski definition) is 6. The quantitative estimate of drug-likeness (QED) is 0.542. The van der Waals surface area contributed by atoms with Crippen LogP contribution in [0.3, 0.4) is 0 Å². The molecule has 1 amide bonds. The van der Waals surface area contributed by atoms with Gasteiger partial charge in [-0.1, -0.05) is 29.8 Å². The SMILES string of the molecule is CCOC(=O)c1c(-c2ccc(C)cc2)csc1NC(=O)CSCCN. The number of thiophene rings is 1. The average Bonchev–Trinajstić information content (AvgIpc) is 2.99. The fraction of sp³-hybridized carbons (Fsp3) is 0.333. The second-order valence-corrected chi connectivity index (χ2v) is 7.31. The Hall–Kier alpha value is -1.83. The molecule has 5 nitrogen and oxygen atoms in total. The lowest BCUT2D eigenvalue weighted by atomic mass is 10.0. The number of nitrogens with one attached hydrogen (secondary N) is 1. The summed E-state index contributed by atoms with van der Waals surface area (Å²) >= 11 is 2.79. The van der Waals surface area contributed by atoms with Gasteiger partial charge in [0.2, 0.25) is 5.91 Å². The number of nitrogens with two attached hydrogens (primary N) is 1. The largest absolute Gasteiger partial charge is 0.462 e. The smallest absolute Gasteiger partial charge is 0.341 e. The number of carbonyl (C=O) groups excluding carboxylic acids is 2. The minimum atomic E-state index is -0.427. The van der Waals surface area contributed by atoms with Gasteiger partial charge in [-0.15, -0.1) is 11.3 Å². The molecule has 1 aromatic heterocycles. The molecule has 0 fully saturated rings. The minimum absolute atomic E-state index is 0.152. The van der Waals surface area contributed by atoms with Crippen LogP contribution in [0.25, 0.3) is 11.1 Å². The monoisotopic (exact) mass is 378 g/mol. The van der Waals surface area contributed by atoms with Gasteiger partial charge >= 0.3 is 5.97 Å². The van der Waals surface area contributed by atoms with Crippen molar-refractivity contribution >= 4 is 40.0 Å². The van der Waals surface area contributed by atoms with Gasteiger partial charge in [0.15, 0.2) is 0 Å². The number of rotatable bonds is 8. The van der Waals surface area contributed by atoms with Crippen molar-refractivity contribution in [2.75, 3.05) is 30.0 Å². The molecule has 3 N–H and O–H groups in total. The van der Waals surface area contributed by atoms with E-state index in [4.69, 9.17) is 10.5 Å². The average molecular weight is 379 g/mol. The van der Waals surface area contributed by atoms with E-state index in [1.807, 2.05) is 36.6 Å². The minimum Gasteiger partial charge on any atom is -0.462 e. The van der Waals surface area contributed by atoms with Gasteiger partial charge in [0.25, 0.3) is 0 Å². The standard InChI is InChI=1S/C18H22N2O3S2/c1-3-23-18(22)16-14(13-6-4-12(2)5-7-13)10-25-17(16)20-15(21)11-24-9-8-19/h4-7,10H,3,8-9,11,19H2,1-2H3,(H,20,21). The summed E-state index contributed by atoms with van der Waals surface area (Å²) in [6, 6.07) is 7.90. The molecular weight excluding hydrogens is 356 g/mol. The number of thioether (sulfide) groups is 1. The van der Waals surface area contributed by atoms with Gasteiger partial charge in [0.05, 0.1) is 12.4 Å². The van der Waals surface area contributed by atoms with E-state index in [2.05, 4.69) is 5.32 Å². The van der Waals surface area contributed by atoms with Crippen molar-refractivity contribution in [2.45, 2.75) is 13.8 Å². The van der Waals surface area contributed by atoms with Gasteiger partial charge in [-0.2, -0.15) is 11.8 Å². The number of esters is 1. The van der Waals surface area contributed by atoms with Crippen LogP contribution in [0.2, 0.25) is 0 Å². The summed E-state index contributed by atoms with van der Waals surface area (Å²) in [5.74, 6) is 0.444. The molecule has 1 heterocycles. The fourth-order valence-corrected chi connectivity index (χ4v) is 3.75. The van der Waals surface area contributed by atoms with Crippen molar-refractivity contribution in [1.82, 2.24) is 0 Å². The maximum Gasteiger partial charge on any atom is 0.341 e. The van der Waals surface area contributed by atoms with Crippen LogP contribution in [0.15, 0.2) is 29.6 Å². The second-order valence-electron chi connectivity index (χ2n) is 5.33. The first-order chi connectivity index (χ1) is 12.1. The summed E-state index contributed by atoms with van der Waals surface area (Å²) in [6.45, 7) is 4.58. The maximum absolute atomic E-state index is 12.4. The van der Waals surface area contributed by atoms with E-state index < -0.39 is 5.97 Å². The predicted octanol–water partition coefficient (Wildman–Crippen LogP) is 3.53. The Kier molecular flexibility index (Phi) is 7.49. The van der Waals surface area contributed by atoms with Gasteiger partial charge in [-0.25, -0.2) is 4.79 Å². The summed E-state index contributed by atoms with van der Waals surface area (Å²) < 4.78 is 5.19. The Morgan fingerprint density at radius 3 is 2.64 bits per heavy atom. The molecule has 0 radical (unpaired) electrons. The molecule has 2 aromatic rings. The molecule has 0 unspecified atom stereocenters. The summed E-state index contributed by atoms with van der Waals surface area (Å²) in [4.78, 5) is 24.5. The second kappa shape index (κ2) is 9.60. The van der Waals surface area contributed by atoms with Crippen LogP contribution in [0.5, 0.6) is 0 Å². The van der Waals surface area contributed by atoms with Gasteiger partial charge in [0.1, 0.15) is 10.6 Å². The predicted molar refractivity (Wildman–Crippen MR) is 105 cm³/mol. The Labute approximate surface area is 155 Å². The number of hydrogen-bond donors (Lipinski definition) is 2. The van der Waals surface area contributed by atoms with Crippen molar-refractivity contribution < 1.29 is 14.3 Å². The van der Waals surface area contributed by atoms with Crippen molar-refractivity contribution in [1.29, 1.82) is 0 Å². The molecule has 0 aliphatic rings. The van der Waals surface area contributed by atoms with Gasteiger partial charge in [-0.05, 0) is 19.4 Å². The number of anilines is 1. The highest BCUT2D eigenvalue weighted by atomic mass is 32.2. The van der Waals surface area contributed by atoms with Crippen LogP contribution in [0.4, 0.5) is 5.00 Å². The lowest BCUT2D eigenvalue weighted by Crippen LogP contribution is -2.17. The van der Waals surface area contributed by atoms with Crippen molar-refractivity contribution in [3.05, 3.63) is 40.8 Å². The van der Waals surface area contributed by atoms with E-state index in [0.717, 1.165) is 22.4 Å². The Morgan fingerprint density at radius 1 is 1.28 bits per heavy atom. The normalized spacial score (nSPS) is 10.5. The summed E-state index contributed by atoms with van der Waals surface area (Å²) in [7, 11) is 0. The van der Waals surface area contributed by atoms with E-state index in [1.165, 1.54) is 23.1 Å². The molecule has 25 heavy (non-hydrogen) atoms. The van der Waals surface area contributed by atoms with Crippen LogP contribution in [0, 0.1) is 6.92 Å². The zero-order valence-electron chi connectivity index (χ0n) is 14.3. The van der Waals surface area contributed by atoms with E-state index in [-0.39, 0.29) is 12.5 Å². The van der Waals surface area contributed by atoms with E-state index >= 15 is 0 Å². The summed E-state index contributed by atoms with van der Waals surface area (Å²) in [5, 5.41) is 5.22. The Bertz CT molecular complexity index is 726. The first kappa shape index (κ1) is 19.5. The third-order valence-corrected chi connectivity index (χ3v) is 5.27. The molecule has 7 heteroatoms. The Balaban J connectivity index is 2.29. The first-order valence-corrected chi connectivity index (χ1v) is 10.0. The molecular formula is C18H22N2O3S2. The van der Waals surface area contributed by atoms with Crippen molar-refractivity contribution in [2.24, 2.45) is 5.73 Å². The lowest BCUT2D eigenvalue weighted by Gasteiger charge is -2.09. The third kappa shape index (κ3) is 5.32. The van der Waals surface area contributed by atoms with Gasteiger partial charge < -0.3 is 15.8 Å². The van der Waals surface area contributed by atoms with E-state index in [0.29, 0.717) is 22.9 Å². The number of aryl methyl sites for hydroxylation is 1. The first-order valence-electron chi connectivity index (χ1n) is 8.00. The highest BCUT2D eigenvalue weighted by molar-refractivity contribution is 7.99. The van der Waals surface area contributed by atoms with Crippen LogP contribution in [-0.4, -0.2) is 36.5 Å². The molecule has 0 spiro atoms. The number of ether oxygens (including phenoxy) is 1. The highest BCUT2D eigenvalue weighted by Gasteiger charge is 2.22. The molecule has 2 rings (SSSR count). The topological polar surface area (TPSA) is 81.4 Å².